The van der Waals surface area contributed by atoms with Crippen LogP contribution in [0.5, 0.6) is 0 Å². The number of esters is 1. The van der Waals surface area contributed by atoms with E-state index in [2.05, 4.69) is 5.10 Å². The van der Waals surface area contributed by atoms with Gasteiger partial charge >= 0.3 is 5.97 Å². The number of carbonyl (C=O) groups excluding carboxylic acids is 2. The fraction of sp³-hybridized carbons (Fsp3) is 0.476. The van der Waals surface area contributed by atoms with Crippen LogP contribution in [0.15, 0.2) is 30.3 Å². The summed E-state index contributed by atoms with van der Waals surface area (Å²) in [7, 11) is -3.15. The first kappa shape index (κ1) is 23.3. The van der Waals surface area contributed by atoms with E-state index < -0.39 is 34.4 Å². The molecule has 1 aromatic heterocycles. The molecule has 0 spiro atoms. The Bertz CT molecular complexity index is 1070. The summed E-state index contributed by atoms with van der Waals surface area (Å²) >= 11 is 6.38. The molecule has 0 radical (unpaired) electrons. The van der Waals surface area contributed by atoms with Crippen molar-refractivity contribution in [3.63, 3.8) is 0 Å². The maximum absolute atomic E-state index is 12.8. The lowest BCUT2D eigenvalue weighted by molar-refractivity contribution is -0.137. The zero-order valence-corrected chi connectivity index (χ0v) is 19.3. The summed E-state index contributed by atoms with van der Waals surface area (Å²) < 4.78 is 30.4. The molecule has 1 unspecified atom stereocenters. The summed E-state index contributed by atoms with van der Waals surface area (Å²) in [6.07, 6.45) is 0.392. The molecule has 8 nitrogen and oxygen atoms in total. The summed E-state index contributed by atoms with van der Waals surface area (Å²) in [4.78, 5) is 27.0. The van der Waals surface area contributed by atoms with Gasteiger partial charge in [0, 0.05) is 12.6 Å². The maximum atomic E-state index is 12.8. The molecule has 1 amide bonds. The van der Waals surface area contributed by atoms with Gasteiger partial charge in [0.2, 0.25) is 0 Å². The average Bonchev–Trinajstić information content (AvgIpc) is 3.22. The van der Waals surface area contributed by atoms with E-state index in [1.54, 1.807) is 19.1 Å². The van der Waals surface area contributed by atoms with Gasteiger partial charge in [-0.2, -0.15) is 5.10 Å². The molecule has 1 saturated heterocycles. The lowest BCUT2D eigenvalue weighted by Crippen LogP contribution is -2.45. The first-order chi connectivity index (χ1) is 14.6. The second-order valence-corrected chi connectivity index (χ2v) is 10.7. The molecule has 1 aliphatic rings. The van der Waals surface area contributed by atoms with Crippen molar-refractivity contribution >= 4 is 33.3 Å². The highest BCUT2D eigenvalue weighted by Crippen LogP contribution is 2.24. The Kier molecular flexibility index (Phi) is 7.06. The van der Waals surface area contributed by atoms with Gasteiger partial charge in [-0.05, 0) is 31.4 Å². The van der Waals surface area contributed by atoms with Crippen molar-refractivity contribution in [1.82, 2.24) is 14.7 Å². The van der Waals surface area contributed by atoms with E-state index in [-0.39, 0.29) is 28.1 Å². The second-order valence-electron chi connectivity index (χ2n) is 8.07. The first-order valence-corrected chi connectivity index (χ1v) is 12.3. The molecule has 1 atom stereocenters. The summed E-state index contributed by atoms with van der Waals surface area (Å²) in [6.45, 7) is 5.42. The first-order valence-electron chi connectivity index (χ1n) is 10.1. The highest BCUT2D eigenvalue weighted by atomic mass is 35.5. The van der Waals surface area contributed by atoms with Crippen LogP contribution in [-0.4, -0.2) is 65.7 Å². The third-order valence-electron chi connectivity index (χ3n) is 5.07. The van der Waals surface area contributed by atoms with Crippen LogP contribution in [0.4, 0.5) is 0 Å². The van der Waals surface area contributed by atoms with E-state index in [0.717, 1.165) is 0 Å². The van der Waals surface area contributed by atoms with Gasteiger partial charge in [-0.3, -0.25) is 4.79 Å². The third kappa shape index (κ3) is 5.46. The molecule has 0 N–H and O–H groups in total. The van der Waals surface area contributed by atoms with Crippen molar-refractivity contribution in [2.45, 2.75) is 33.2 Å². The number of nitrogens with zero attached hydrogens (tertiary/aromatic N) is 3. The van der Waals surface area contributed by atoms with Gasteiger partial charge < -0.3 is 9.64 Å². The van der Waals surface area contributed by atoms with Crippen molar-refractivity contribution in [2.24, 2.45) is 5.92 Å². The van der Waals surface area contributed by atoms with Crippen LogP contribution < -0.4 is 0 Å². The van der Waals surface area contributed by atoms with Gasteiger partial charge in [0.25, 0.3) is 5.91 Å². The van der Waals surface area contributed by atoms with Crippen LogP contribution in [0.3, 0.4) is 0 Å². The van der Waals surface area contributed by atoms with Crippen LogP contribution in [0.2, 0.25) is 5.15 Å². The Morgan fingerprint density at radius 1 is 1.29 bits per heavy atom. The molecule has 0 aliphatic carbocycles. The second kappa shape index (κ2) is 9.40. The minimum atomic E-state index is -3.15. The number of amides is 1. The monoisotopic (exact) mass is 467 g/mol. The maximum Gasteiger partial charge on any atom is 0.343 e. The zero-order chi connectivity index (χ0) is 22.8. The lowest BCUT2D eigenvalue weighted by Gasteiger charge is -2.29. The Morgan fingerprint density at radius 2 is 1.97 bits per heavy atom. The van der Waals surface area contributed by atoms with Crippen LogP contribution in [0.1, 0.15) is 36.3 Å². The number of aromatic nitrogens is 2. The van der Waals surface area contributed by atoms with Gasteiger partial charge in [0.05, 0.1) is 22.9 Å². The van der Waals surface area contributed by atoms with E-state index in [1.165, 1.54) is 9.58 Å². The van der Waals surface area contributed by atoms with Crippen LogP contribution in [-0.2, 0) is 19.4 Å². The number of ether oxygens (including phenoxy) is 1. The lowest BCUT2D eigenvalue weighted by atomic mass is 10.1. The average molecular weight is 468 g/mol. The van der Waals surface area contributed by atoms with Gasteiger partial charge in [-0.15, -0.1) is 0 Å². The van der Waals surface area contributed by atoms with Gasteiger partial charge in [-0.1, -0.05) is 43.6 Å². The topological polar surface area (TPSA) is 98.6 Å². The normalized spacial score (nSPS) is 17.6. The van der Waals surface area contributed by atoms with Crippen molar-refractivity contribution in [1.29, 1.82) is 0 Å². The van der Waals surface area contributed by atoms with E-state index in [9.17, 15) is 18.0 Å². The molecular weight excluding hydrogens is 442 g/mol. The van der Waals surface area contributed by atoms with E-state index >= 15 is 0 Å². The highest BCUT2D eigenvalue weighted by Gasteiger charge is 2.35. The Balaban J connectivity index is 1.72. The molecule has 1 aromatic carbocycles. The van der Waals surface area contributed by atoms with E-state index in [4.69, 9.17) is 16.3 Å². The Labute approximate surface area is 187 Å². The summed E-state index contributed by atoms with van der Waals surface area (Å²) in [5.41, 5.74) is 1.17. The molecule has 0 saturated carbocycles. The molecule has 0 bridgehead atoms. The van der Waals surface area contributed by atoms with Crippen molar-refractivity contribution in [3.8, 4) is 5.69 Å². The van der Waals surface area contributed by atoms with Crippen molar-refractivity contribution in [3.05, 3.63) is 46.7 Å². The Hall–Kier alpha value is -2.39. The zero-order valence-electron chi connectivity index (χ0n) is 17.7. The number of carbonyl (C=O) groups is 2. The molecule has 2 heterocycles. The smallest absolute Gasteiger partial charge is 0.343 e. The molecule has 10 heteroatoms. The van der Waals surface area contributed by atoms with Crippen molar-refractivity contribution in [2.75, 3.05) is 24.7 Å². The quantitative estimate of drug-likeness (QED) is 0.580. The fourth-order valence-electron chi connectivity index (χ4n) is 3.62. The number of hydrogen-bond acceptors (Lipinski definition) is 6. The molecule has 3 rings (SSSR count). The fourth-order valence-corrected chi connectivity index (χ4v) is 5.70. The number of halogens is 1. The number of benzene rings is 1. The largest absolute Gasteiger partial charge is 0.452 e. The van der Waals surface area contributed by atoms with Gasteiger partial charge in [0.15, 0.2) is 16.4 Å². The standard InChI is InChI=1S/C21H26ClN3O5S/c1-14(2)11-24(17-9-10-31(28,29)13-17)18(26)12-30-21(27)19-15(3)23-25(20(19)22)16-7-5-4-6-8-16/h4-8,14,17H,9-13H2,1-3H3. The highest BCUT2D eigenvalue weighted by molar-refractivity contribution is 7.91. The number of para-hydroxylation sites is 1. The summed E-state index contributed by atoms with van der Waals surface area (Å²) in [5.74, 6) is -1.03. The third-order valence-corrected chi connectivity index (χ3v) is 7.17. The Morgan fingerprint density at radius 3 is 2.55 bits per heavy atom. The van der Waals surface area contributed by atoms with Gasteiger partial charge in [-0.25, -0.2) is 17.9 Å². The molecule has 1 fully saturated rings. The number of rotatable bonds is 7. The van der Waals surface area contributed by atoms with E-state index in [1.807, 2.05) is 32.0 Å². The number of hydrogen-bond donors (Lipinski definition) is 0. The molecule has 1 aliphatic heterocycles. The SMILES string of the molecule is Cc1nn(-c2ccccc2)c(Cl)c1C(=O)OCC(=O)N(CC(C)C)C1CCS(=O)(=O)C1. The van der Waals surface area contributed by atoms with Crippen LogP contribution in [0, 0.1) is 12.8 Å². The molecule has 2 aromatic rings. The van der Waals surface area contributed by atoms with Gasteiger partial charge in [0.1, 0.15) is 10.7 Å². The minimum absolute atomic E-state index is 0.0613. The molecule has 31 heavy (non-hydrogen) atoms. The van der Waals surface area contributed by atoms with E-state index in [0.29, 0.717) is 24.3 Å². The van der Waals surface area contributed by atoms with Crippen molar-refractivity contribution < 1.29 is 22.7 Å². The predicted molar refractivity (Wildman–Crippen MR) is 117 cm³/mol. The van der Waals surface area contributed by atoms with Crippen LogP contribution in [0.25, 0.3) is 5.69 Å². The predicted octanol–water partition coefficient (Wildman–Crippen LogP) is 2.66. The van der Waals surface area contributed by atoms with Crippen LogP contribution >= 0.6 is 11.6 Å². The minimum Gasteiger partial charge on any atom is -0.452 e. The number of aryl methyl sites for hydroxylation is 1. The summed E-state index contributed by atoms with van der Waals surface area (Å²) in [5, 5.41) is 4.40. The molecule has 168 valence electrons. The molecular formula is C21H26ClN3O5S. The summed E-state index contributed by atoms with van der Waals surface area (Å²) in [6, 6.07) is 8.71. The number of sulfone groups is 1.